The normalized spacial score (nSPS) is 10.3. The van der Waals surface area contributed by atoms with Gasteiger partial charge in [-0.1, -0.05) is 6.07 Å². The Kier molecular flexibility index (Phi) is 2.16. The Bertz CT molecular complexity index is 445. The highest BCUT2D eigenvalue weighted by atomic mass is 79.9. The molecule has 0 bridgehead atoms. The monoisotopic (exact) mass is 238 g/mol. The number of nitrogens with two attached hydrogens (primary N) is 1. The van der Waals surface area contributed by atoms with Crippen LogP contribution in [0.1, 0.15) is 0 Å². The summed E-state index contributed by atoms with van der Waals surface area (Å²) in [6, 6.07) is 7.45. The molecular weight excluding hydrogens is 232 g/mol. The van der Waals surface area contributed by atoms with Crippen molar-refractivity contribution in [1.29, 1.82) is 0 Å². The number of rotatable bonds is 1. The summed E-state index contributed by atoms with van der Waals surface area (Å²) in [5.74, 6) is 5.69. The Hall–Kier alpha value is -1.13. The number of fused-ring (bicyclic) bond motifs is 1. The zero-order valence-corrected chi connectivity index (χ0v) is 8.28. The molecule has 2 N–H and O–H groups in total. The predicted octanol–water partition coefficient (Wildman–Crippen LogP) is 2.25. The minimum atomic E-state index is 0.618. The number of nitrogens with zero attached hydrogens (tertiary/aromatic N) is 1. The minimum absolute atomic E-state index is 0.618. The van der Waals surface area contributed by atoms with Gasteiger partial charge in [0, 0.05) is 16.1 Å². The van der Waals surface area contributed by atoms with Crippen molar-refractivity contribution in [3.8, 4) is 5.75 Å². The fraction of sp³-hybridized carbons (Fsp3) is 0. The van der Waals surface area contributed by atoms with Crippen LogP contribution in [-0.4, -0.2) is 4.98 Å². The maximum atomic E-state index is 5.07. The van der Waals surface area contributed by atoms with E-state index in [2.05, 4.69) is 25.8 Å². The molecule has 0 aliphatic heterocycles. The van der Waals surface area contributed by atoms with E-state index in [0.717, 1.165) is 15.4 Å². The smallest absolute Gasteiger partial charge is 0.148 e. The highest BCUT2D eigenvalue weighted by molar-refractivity contribution is 9.10. The number of hydrogen-bond acceptors (Lipinski definition) is 3. The van der Waals surface area contributed by atoms with Gasteiger partial charge in [-0.05, 0) is 34.1 Å². The van der Waals surface area contributed by atoms with Crippen molar-refractivity contribution in [2.45, 2.75) is 0 Å². The summed E-state index contributed by atoms with van der Waals surface area (Å²) >= 11 is 3.39. The van der Waals surface area contributed by atoms with E-state index in [1.807, 2.05) is 18.2 Å². The summed E-state index contributed by atoms with van der Waals surface area (Å²) < 4.78 is 0.881. The van der Waals surface area contributed by atoms with E-state index >= 15 is 0 Å². The topological polar surface area (TPSA) is 48.1 Å². The Balaban J connectivity index is 2.77. The van der Waals surface area contributed by atoms with Crippen LogP contribution in [0.5, 0.6) is 5.75 Å². The Morgan fingerprint density at radius 2 is 2.23 bits per heavy atom. The van der Waals surface area contributed by atoms with Gasteiger partial charge in [-0.15, -0.1) is 0 Å². The average molecular weight is 239 g/mol. The fourth-order valence-corrected chi connectivity index (χ4v) is 1.75. The van der Waals surface area contributed by atoms with E-state index in [4.69, 9.17) is 5.90 Å². The van der Waals surface area contributed by atoms with E-state index in [0.29, 0.717) is 5.75 Å². The summed E-state index contributed by atoms with van der Waals surface area (Å²) in [5, 5.41) is 0.998. The van der Waals surface area contributed by atoms with E-state index in [-0.39, 0.29) is 0 Å². The van der Waals surface area contributed by atoms with Crippen LogP contribution in [0, 0.1) is 0 Å². The van der Waals surface area contributed by atoms with Gasteiger partial charge in [0.05, 0.1) is 5.52 Å². The molecule has 13 heavy (non-hydrogen) atoms. The van der Waals surface area contributed by atoms with Crippen molar-refractivity contribution in [2.75, 3.05) is 0 Å². The second kappa shape index (κ2) is 3.32. The summed E-state index contributed by atoms with van der Waals surface area (Å²) in [4.78, 5) is 8.86. The first-order valence-corrected chi connectivity index (χ1v) is 4.51. The third-order valence-electron chi connectivity index (χ3n) is 1.77. The average Bonchev–Trinajstić information content (AvgIpc) is 2.18. The minimum Gasteiger partial charge on any atom is -0.411 e. The van der Waals surface area contributed by atoms with Crippen LogP contribution in [0.3, 0.4) is 0 Å². The molecule has 1 aromatic heterocycles. The molecule has 0 spiro atoms. The molecule has 3 nitrogen and oxygen atoms in total. The summed E-state index contributed by atoms with van der Waals surface area (Å²) in [5.41, 5.74) is 0.906. The van der Waals surface area contributed by atoms with Gasteiger partial charge in [-0.2, -0.15) is 5.90 Å². The van der Waals surface area contributed by atoms with Gasteiger partial charge in [0.15, 0.2) is 0 Å². The predicted molar refractivity (Wildman–Crippen MR) is 54.3 cm³/mol. The summed E-state index contributed by atoms with van der Waals surface area (Å²) in [7, 11) is 0. The van der Waals surface area contributed by atoms with Crippen LogP contribution in [0.15, 0.2) is 34.9 Å². The van der Waals surface area contributed by atoms with Crippen molar-refractivity contribution in [3.63, 3.8) is 0 Å². The lowest BCUT2D eigenvalue weighted by molar-refractivity contribution is 0.335. The number of hydrogen-bond donors (Lipinski definition) is 1. The highest BCUT2D eigenvalue weighted by Gasteiger charge is 2.02. The van der Waals surface area contributed by atoms with Crippen LogP contribution < -0.4 is 10.7 Å². The maximum Gasteiger partial charge on any atom is 0.148 e. The molecule has 0 aliphatic rings. The van der Waals surface area contributed by atoms with Gasteiger partial charge in [-0.25, -0.2) is 0 Å². The molecule has 4 heteroatoms. The highest BCUT2D eigenvalue weighted by Crippen LogP contribution is 2.26. The third-order valence-corrected chi connectivity index (χ3v) is 2.37. The van der Waals surface area contributed by atoms with Gasteiger partial charge >= 0.3 is 0 Å². The molecule has 0 saturated carbocycles. The number of pyridine rings is 1. The van der Waals surface area contributed by atoms with E-state index in [9.17, 15) is 0 Å². The Morgan fingerprint density at radius 1 is 1.38 bits per heavy atom. The summed E-state index contributed by atoms with van der Waals surface area (Å²) in [6.07, 6.45) is 1.75. The molecule has 0 atom stereocenters. The molecule has 0 saturated heterocycles. The number of halogens is 1. The molecule has 66 valence electrons. The molecule has 2 rings (SSSR count). The molecule has 0 amide bonds. The zero-order valence-electron chi connectivity index (χ0n) is 6.70. The summed E-state index contributed by atoms with van der Waals surface area (Å²) in [6.45, 7) is 0. The maximum absolute atomic E-state index is 5.07. The van der Waals surface area contributed by atoms with Crippen LogP contribution in [0.2, 0.25) is 0 Å². The molecule has 0 aliphatic carbocycles. The third kappa shape index (κ3) is 1.50. The molecule has 0 unspecified atom stereocenters. The molecule has 1 heterocycles. The second-order valence-corrected chi connectivity index (χ2v) is 3.45. The fourth-order valence-electron chi connectivity index (χ4n) is 1.19. The van der Waals surface area contributed by atoms with E-state index in [1.165, 1.54) is 0 Å². The van der Waals surface area contributed by atoms with Crippen molar-refractivity contribution < 1.29 is 4.84 Å². The lowest BCUT2D eigenvalue weighted by Gasteiger charge is -2.02. The molecule has 0 radical (unpaired) electrons. The van der Waals surface area contributed by atoms with Crippen molar-refractivity contribution in [1.82, 2.24) is 4.98 Å². The van der Waals surface area contributed by atoms with E-state index in [1.54, 1.807) is 12.3 Å². The lowest BCUT2D eigenvalue weighted by Crippen LogP contribution is -2.01. The standard InChI is InChI=1S/C9H7BrN2O/c10-8-5-7(13-11)4-6-2-1-3-12-9(6)8/h1-5H,11H2. The Morgan fingerprint density at radius 3 is 3.00 bits per heavy atom. The number of aromatic nitrogens is 1. The zero-order chi connectivity index (χ0) is 9.26. The van der Waals surface area contributed by atoms with Gasteiger partial charge in [0.1, 0.15) is 5.75 Å². The molecule has 1 aromatic carbocycles. The van der Waals surface area contributed by atoms with Crippen molar-refractivity contribution >= 4 is 26.8 Å². The lowest BCUT2D eigenvalue weighted by atomic mass is 10.2. The van der Waals surface area contributed by atoms with Gasteiger partial charge in [0.2, 0.25) is 0 Å². The first-order chi connectivity index (χ1) is 6.31. The quantitative estimate of drug-likeness (QED) is 0.776. The van der Waals surface area contributed by atoms with Gasteiger partial charge in [0.25, 0.3) is 0 Å². The van der Waals surface area contributed by atoms with Crippen LogP contribution in [-0.2, 0) is 0 Å². The van der Waals surface area contributed by atoms with E-state index < -0.39 is 0 Å². The first-order valence-electron chi connectivity index (χ1n) is 3.72. The molecule has 2 aromatic rings. The van der Waals surface area contributed by atoms with Crippen LogP contribution in [0.4, 0.5) is 0 Å². The Labute approximate surface area is 83.6 Å². The van der Waals surface area contributed by atoms with Crippen LogP contribution >= 0.6 is 15.9 Å². The largest absolute Gasteiger partial charge is 0.411 e. The molecule has 0 fully saturated rings. The number of benzene rings is 1. The van der Waals surface area contributed by atoms with Crippen LogP contribution in [0.25, 0.3) is 10.9 Å². The SMILES string of the molecule is NOc1cc(Br)c2ncccc2c1. The van der Waals surface area contributed by atoms with Gasteiger partial charge in [-0.3, -0.25) is 4.98 Å². The molecular formula is C9H7BrN2O. The second-order valence-electron chi connectivity index (χ2n) is 2.60. The van der Waals surface area contributed by atoms with Gasteiger partial charge < -0.3 is 4.84 Å². The first kappa shape index (κ1) is 8.47. The van der Waals surface area contributed by atoms with Crippen molar-refractivity contribution in [3.05, 3.63) is 34.9 Å². The van der Waals surface area contributed by atoms with Crippen molar-refractivity contribution in [2.24, 2.45) is 5.90 Å².